The van der Waals surface area contributed by atoms with Gasteiger partial charge in [-0.15, -0.1) is 11.8 Å². The van der Waals surface area contributed by atoms with Gasteiger partial charge >= 0.3 is 0 Å². The van der Waals surface area contributed by atoms with Crippen molar-refractivity contribution >= 4 is 29.3 Å². The molecule has 0 radical (unpaired) electrons. The van der Waals surface area contributed by atoms with Gasteiger partial charge in [0.2, 0.25) is 11.8 Å². The molecule has 2 amide bonds. The zero-order valence-electron chi connectivity index (χ0n) is 9.27. The molecule has 16 heavy (non-hydrogen) atoms. The average Bonchev–Trinajstić information content (AvgIpc) is 2.27. The maximum atomic E-state index is 11.9. The Morgan fingerprint density at radius 1 is 1.25 bits per heavy atom. The predicted molar refractivity (Wildman–Crippen MR) is 65.6 cm³/mol. The Labute approximate surface area is 98.8 Å². The fourth-order valence-electron chi connectivity index (χ4n) is 1.60. The zero-order chi connectivity index (χ0) is 11.7. The number of hydrogen-bond acceptors (Lipinski definition) is 3. The number of anilines is 1. The number of imide groups is 1. The van der Waals surface area contributed by atoms with Gasteiger partial charge in [0.15, 0.2) is 0 Å². The van der Waals surface area contributed by atoms with Crippen molar-refractivity contribution in [3.05, 3.63) is 29.8 Å². The molecular formula is C12H13NO2S. The fraction of sp³-hybridized carbons (Fsp3) is 0.333. The van der Waals surface area contributed by atoms with Crippen LogP contribution >= 0.6 is 11.8 Å². The van der Waals surface area contributed by atoms with Crippen molar-refractivity contribution in [3.63, 3.8) is 0 Å². The van der Waals surface area contributed by atoms with E-state index in [1.807, 2.05) is 38.1 Å². The number of rotatable bonds is 1. The number of carbonyl (C=O) groups excluding carboxylic acids is 2. The van der Waals surface area contributed by atoms with Crippen molar-refractivity contribution < 1.29 is 9.59 Å². The lowest BCUT2D eigenvalue weighted by atomic mass is 10.2. The molecule has 0 N–H and O–H groups in total. The molecule has 0 unspecified atom stereocenters. The molecular weight excluding hydrogens is 222 g/mol. The summed E-state index contributed by atoms with van der Waals surface area (Å²) in [6, 6.07) is 7.44. The van der Waals surface area contributed by atoms with Crippen LogP contribution in [0.4, 0.5) is 5.69 Å². The Bertz CT molecular complexity index is 427. The van der Waals surface area contributed by atoms with Gasteiger partial charge in [0, 0.05) is 0 Å². The van der Waals surface area contributed by atoms with E-state index in [0.717, 1.165) is 5.56 Å². The van der Waals surface area contributed by atoms with Crippen molar-refractivity contribution in [1.82, 2.24) is 0 Å². The third-order valence-electron chi connectivity index (χ3n) is 2.57. The number of amides is 2. The summed E-state index contributed by atoms with van der Waals surface area (Å²) in [5.41, 5.74) is 1.79. The van der Waals surface area contributed by atoms with Crippen LogP contribution in [0.15, 0.2) is 24.3 Å². The number of carbonyl (C=O) groups is 2. The van der Waals surface area contributed by atoms with Crippen molar-refractivity contribution in [3.8, 4) is 0 Å². The first kappa shape index (κ1) is 11.2. The minimum absolute atomic E-state index is 0.120. The number of nitrogens with zero attached hydrogens (tertiary/aromatic N) is 1. The highest BCUT2D eigenvalue weighted by atomic mass is 32.2. The Kier molecular flexibility index (Phi) is 3.01. The van der Waals surface area contributed by atoms with Gasteiger partial charge in [-0.3, -0.25) is 9.59 Å². The first-order valence-corrected chi connectivity index (χ1v) is 6.19. The van der Waals surface area contributed by atoms with Crippen LogP contribution in [0, 0.1) is 6.92 Å². The molecule has 1 aromatic carbocycles. The Hall–Kier alpha value is -1.29. The second kappa shape index (κ2) is 4.29. The molecule has 1 aliphatic rings. The van der Waals surface area contributed by atoms with Crippen molar-refractivity contribution in [2.45, 2.75) is 19.1 Å². The largest absolute Gasteiger partial charge is 0.273 e. The van der Waals surface area contributed by atoms with Gasteiger partial charge < -0.3 is 0 Å². The first-order valence-electron chi connectivity index (χ1n) is 5.14. The van der Waals surface area contributed by atoms with E-state index in [-0.39, 0.29) is 17.1 Å². The monoisotopic (exact) mass is 235 g/mol. The molecule has 0 bridgehead atoms. The standard InChI is InChI=1S/C12H13NO2S/c1-8-3-5-10(6-4-8)13-11(14)7-16-9(2)12(13)15/h3-6,9H,7H2,1-2H3/t9-/m1/s1. The summed E-state index contributed by atoms with van der Waals surface area (Å²) in [5.74, 6) is 0.128. The van der Waals surface area contributed by atoms with Gasteiger partial charge in [0.1, 0.15) is 0 Å². The van der Waals surface area contributed by atoms with Gasteiger partial charge in [0.05, 0.1) is 16.7 Å². The Morgan fingerprint density at radius 2 is 1.88 bits per heavy atom. The SMILES string of the molecule is Cc1ccc(N2C(=O)CS[C@H](C)C2=O)cc1. The zero-order valence-corrected chi connectivity index (χ0v) is 10.1. The minimum atomic E-state index is -0.140. The maximum absolute atomic E-state index is 11.9. The summed E-state index contributed by atoms with van der Waals surface area (Å²) >= 11 is 1.40. The maximum Gasteiger partial charge on any atom is 0.246 e. The summed E-state index contributed by atoms with van der Waals surface area (Å²) < 4.78 is 0. The highest BCUT2D eigenvalue weighted by Gasteiger charge is 2.32. The molecule has 1 atom stereocenters. The molecule has 0 saturated carbocycles. The number of aryl methyl sites for hydroxylation is 1. The summed E-state index contributed by atoms with van der Waals surface area (Å²) in [7, 11) is 0. The molecule has 4 heteroatoms. The van der Waals surface area contributed by atoms with Gasteiger partial charge in [0.25, 0.3) is 0 Å². The summed E-state index contributed by atoms with van der Waals surface area (Å²) in [6.07, 6.45) is 0. The van der Waals surface area contributed by atoms with Crippen LogP contribution in [0.2, 0.25) is 0 Å². The van der Waals surface area contributed by atoms with Crippen LogP contribution in [0.25, 0.3) is 0 Å². The van der Waals surface area contributed by atoms with E-state index in [9.17, 15) is 9.59 Å². The van der Waals surface area contributed by atoms with Gasteiger partial charge in [-0.25, -0.2) is 4.90 Å². The van der Waals surface area contributed by atoms with Gasteiger partial charge in [-0.2, -0.15) is 0 Å². The molecule has 0 spiro atoms. The van der Waals surface area contributed by atoms with E-state index >= 15 is 0 Å². The van der Waals surface area contributed by atoms with E-state index in [1.54, 1.807) is 0 Å². The highest BCUT2D eigenvalue weighted by molar-refractivity contribution is 8.01. The van der Waals surface area contributed by atoms with Crippen LogP contribution in [-0.4, -0.2) is 22.8 Å². The molecule has 3 nitrogen and oxygen atoms in total. The number of benzene rings is 1. The van der Waals surface area contributed by atoms with E-state index in [1.165, 1.54) is 16.7 Å². The predicted octanol–water partition coefficient (Wildman–Crippen LogP) is 1.99. The van der Waals surface area contributed by atoms with Gasteiger partial charge in [-0.05, 0) is 26.0 Å². The van der Waals surface area contributed by atoms with E-state index in [0.29, 0.717) is 11.4 Å². The quantitative estimate of drug-likeness (QED) is 0.699. The molecule has 1 saturated heterocycles. The van der Waals surface area contributed by atoms with E-state index in [4.69, 9.17) is 0 Å². The fourth-order valence-corrected chi connectivity index (χ4v) is 2.37. The Morgan fingerprint density at radius 3 is 2.50 bits per heavy atom. The normalized spacial score (nSPS) is 21.4. The van der Waals surface area contributed by atoms with Crippen molar-refractivity contribution in [2.24, 2.45) is 0 Å². The van der Waals surface area contributed by atoms with Crippen molar-refractivity contribution in [1.29, 1.82) is 0 Å². The lowest BCUT2D eigenvalue weighted by Gasteiger charge is -2.28. The molecule has 1 aliphatic heterocycles. The van der Waals surface area contributed by atoms with Crippen LogP contribution in [0.1, 0.15) is 12.5 Å². The minimum Gasteiger partial charge on any atom is -0.273 e. The van der Waals surface area contributed by atoms with Crippen LogP contribution < -0.4 is 4.90 Å². The lowest BCUT2D eigenvalue weighted by Crippen LogP contribution is -2.46. The highest BCUT2D eigenvalue weighted by Crippen LogP contribution is 2.25. The molecule has 0 aromatic heterocycles. The average molecular weight is 235 g/mol. The van der Waals surface area contributed by atoms with Crippen LogP contribution in [0.5, 0.6) is 0 Å². The summed E-state index contributed by atoms with van der Waals surface area (Å²) in [4.78, 5) is 24.9. The molecule has 0 aliphatic carbocycles. The molecule has 84 valence electrons. The second-order valence-electron chi connectivity index (χ2n) is 3.86. The first-order chi connectivity index (χ1) is 7.59. The Balaban J connectivity index is 2.34. The molecule has 1 fully saturated rings. The van der Waals surface area contributed by atoms with Gasteiger partial charge in [-0.1, -0.05) is 17.7 Å². The van der Waals surface area contributed by atoms with Crippen molar-refractivity contribution in [2.75, 3.05) is 10.7 Å². The summed E-state index contributed by atoms with van der Waals surface area (Å²) in [5, 5.41) is -0.140. The smallest absolute Gasteiger partial charge is 0.246 e. The second-order valence-corrected chi connectivity index (χ2v) is 5.19. The molecule has 2 rings (SSSR count). The number of hydrogen-bond donors (Lipinski definition) is 0. The van der Waals surface area contributed by atoms with Crippen LogP contribution in [-0.2, 0) is 9.59 Å². The van der Waals surface area contributed by atoms with Crippen LogP contribution in [0.3, 0.4) is 0 Å². The van der Waals surface area contributed by atoms with E-state index in [2.05, 4.69) is 0 Å². The third-order valence-corrected chi connectivity index (χ3v) is 3.68. The lowest BCUT2D eigenvalue weighted by molar-refractivity contribution is -0.125. The number of thioether (sulfide) groups is 1. The molecule has 1 aromatic rings. The third kappa shape index (κ3) is 1.97. The topological polar surface area (TPSA) is 37.4 Å². The van der Waals surface area contributed by atoms with E-state index < -0.39 is 0 Å². The molecule has 1 heterocycles. The summed E-state index contributed by atoms with van der Waals surface area (Å²) in [6.45, 7) is 3.81.